The number of carbonyl (C=O) groups excluding carboxylic acids is 1. The summed E-state index contributed by atoms with van der Waals surface area (Å²) in [6.45, 7) is 4.57. The number of aryl methyl sites for hydroxylation is 1. The summed E-state index contributed by atoms with van der Waals surface area (Å²) in [6, 6.07) is 9.99. The van der Waals surface area contributed by atoms with Gasteiger partial charge in [0.25, 0.3) is 0 Å². The van der Waals surface area contributed by atoms with Crippen molar-refractivity contribution in [2.24, 2.45) is 0 Å². The van der Waals surface area contributed by atoms with Crippen LogP contribution in [-0.2, 0) is 11.2 Å². The van der Waals surface area contributed by atoms with Crippen molar-refractivity contribution in [3.8, 4) is 0 Å². The molecule has 0 amide bonds. The number of rotatable bonds is 4. The Labute approximate surface area is 107 Å². The van der Waals surface area contributed by atoms with Crippen molar-refractivity contribution in [1.82, 2.24) is 4.57 Å². The van der Waals surface area contributed by atoms with E-state index in [0.29, 0.717) is 6.61 Å². The molecule has 0 aliphatic carbocycles. The number of aromatic nitrogens is 1. The molecular formula is C15H19NO2. The molecule has 18 heavy (non-hydrogen) atoms. The Kier molecular flexibility index (Phi) is 4.03. The van der Waals surface area contributed by atoms with Crippen LogP contribution in [-0.4, -0.2) is 17.3 Å². The van der Waals surface area contributed by atoms with Gasteiger partial charge in [-0.25, -0.2) is 9.36 Å². The first-order valence-electron chi connectivity index (χ1n) is 6.54. The van der Waals surface area contributed by atoms with Gasteiger partial charge in [-0.2, -0.15) is 0 Å². The molecule has 0 saturated carbocycles. The Hall–Kier alpha value is -1.77. The first-order valence-corrected chi connectivity index (χ1v) is 6.54. The Balaban J connectivity index is 2.44. The lowest BCUT2D eigenvalue weighted by Gasteiger charge is -2.09. The van der Waals surface area contributed by atoms with Crippen LogP contribution in [0.5, 0.6) is 0 Å². The standard InChI is InChI=1S/C15H19NO2/c1-3-7-13-11-12-8-5-6-9-14(12)16(13)15(17)18-10-4-2/h5-6,8-9,11H,3-4,7,10H2,1-2H3. The quantitative estimate of drug-likeness (QED) is 0.815. The molecule has 0 N–H and O–H groups in total. The van der Waals surface area contributed by atoms with E-state index < -0.39 is 0 Å². The van der Waals surface area contributed by atoms with E-state index in [9.17, 15) is 4.79 Å². The lowest BCUT2D eigenvalue weighted by Crippen LogP contribution is -2.16. The topological polar surface area (TPSA) is 31.2 Å². The molecule has 0 saturated heterocycles. The van der Waals surface area contributed by atoms with Gasteiger partial charge in [-0.05, 0) is 25.0 Å². The van der Waals surface area contributed by atoms with Gasteiger partial charge in [0, 0.05) is 11.1 Å². The molecule has 0 fully saturated rings. The van der Waals surface area contributed by atoms with E-state index in [-0.39, 0.29) is 6.09 Å². The summed E-state index contributed by atoms with van der Waals surface area (Å²) in [5.74, 6) is 0. The van der Waals surface area contributed by atoms with Crippen LogP contribution in [0.2, 0.25) is 0 Å². The molecule has 3 nitrogen and oxygen atoms in total. The van der Waals surface area contributed by atoms with Gasteiger partial charge in [-0.1, -0.05) is 38.5 Å². The highest BCUT2D eigenvalue weighted by atomic mass is 16.5. The van der Waals surface area contributed by atoms with Gasteiger partial charge < -0.3 is 4.74 Å². The van der Waals surface area contributed by atoms with Gasteiger partial charge >= 0.3 is 6.09 Å². The molecule has 0 atom stereocenters. The molecule has 1 heterocycles. The number of fused-ring (bicyclic) bond motifs is 1. The zero-order valence-corrected chi connectivity index (χ0v) is 11.0. The molecular weight excluding hydrogens is 226 g/mol. The number of hydrogen-bond acceptors (Lipinski definition) is 2. The highest BCUT2D eigenvalue weighted by Gasteiger charge is 2.15. The zero-order valence-electron chi connectivity index (χ0n) is 11.0. The van der Waals surface area contributed by atoms with Crippen molar-refractivity contribution >= 4 is 17.0 Å². The van der Waals surface area contributed by atoms with Crippen LogP contribution in [0.25, 0.3) is 10.9 Å². The van der Waals surface area contributed by atoms with Crippen molar-refractivity contribution in [3.63, 3.8) is 0 Å². The van der Waals surface area contributed by atoms with Crippen molar-refractivity contribution < 1.29 is 9.53 Å². The molecule has 0 unspecified atom stereocenters. The largest absolute Gasteiger partial charge is 0.449 e. The minimum atomic E-state index is -0.262. The smallest absolute Gasteiger partial charge is 0.418 e. The fraction of sp³-hybridized carbons (Fsp3) is 0.400. The normalized spacial score (nSPS) is 10.8. The van der Waals surface area contributed by atoms with E-state index >= 15 is 0 Å². The van der Waals surface area contributed by atoms with Crippen LogP contribution < -0.4 is 0 Å². The SMILES string of the molecule is CCCOC(=O)n1c(CCC)cc2ccccc21. The minimum Gasteiger partial charge on any atom is -0.449 e. The monoisotopic (exact) mass is 245 g/mol. The molecule has 0 radical (unpaired) electrons. The first kappa shape index (κ1) is 12.7. The van der Waals surface area contributed by atoms with Gasteiger partial charge in [-0.3, -0.25) is 0 Å². The Morgan fingerprint density at radius 2 is 2.00 bits per heavy atom. The highest BCUT2D eigenvalue weighted by molar-refractivity contribution is 5.90. The van der Waals surface area contributed by atoms with Crippen LogP contribution in [0.15, 0.2) is 30.3 Å². The second-order valence-corrected chi connectivity index (χ2v) is 4.39. The van der Waals surface area contributed by atoms with E-state index in [4.69, 9.17) is 4.74 Å². The van der Waals surface area contributed by atoms with Crippen LogP contribution in [0, 0.1) is 0 Å². The molecule has 2 rings (SSSR count). The van der Waals surface area contributed by atoms with Gasteiger partial charge in [0.2, 0.25) is 0 Å². The summed E-state index contributed by atoms with van der Waals surface area (Å²) in [6.07, 6.45) is 2.47. The average Bonchev–Trinajstić information content (AvgIpc) is 2.74. The maximum Gasteiger partial charge on any atom is 0.418 e. The number of hydrogen-bond donors (Lipinski definition) is 0. The number of nitrogens with zero attached hydrogens (tertiary/aromatic N) is 1. The Morgan fingerprint density at radius 3 is 2.72 bits per heavy atom. The van der Waals surface area contributed by atoms with Crippen molar-refractivity contribution in [1.29, 1.82) is 0 Å². The van der Waals surface area contributed by atoms with Gasteiger partial charge in [0.15, 0.2) is 0 Å². The van der Waals surface area contributed by atoms with E-state index in [2.05, 4.69) is 13.0 Å². The van der Waals surface area contributed by atoms with E-state index in [0.717, 1.165) is 35.9 Å². The van der Waals surface area contributed by atoms with Gasteiger partial charge in [-0.15, -0.1) is 0 Å². The molecule has 1 aromatic carbocycles. The fourth-order valence-corrected chi connectivity index (χ4v) is 2.12. The summed E-state index contributed by atoms with van der Waals surface area (Å²) >= 11 is 0. The summed E-state index contributed by atoms with van der Waals surface area (Å²) in [7, 11) is 0. The molecule has 0 aliphatic heterocycles. The minimum absolute atomic E-state index is 0.262. The molecule has 96 valence electrons. The number of para-hydroxylation sites is 1. The molecule has 3 heteroatoms. The summed E-state index contributed by atoms with van der Waals surface area (Å²) in [5.41, 5.74) is 1.96. The summed E-state index contributed by atoms with van der Waals surface area (Å²) in [5, 5.41) is 1.09. The molecule has 2 aromatic rings. The predicted molar refractivity (Wildman–Crippen MR) is 73.0 cm³/mol. The lowest BCUT2D eigenvalue weighted by atomic mass is 10.2. The third-order valence-electron chi connectivity index (χ3n) is 2.91. The van der Waals surface area contributed by atoms with Crippen LogP contribution in [0.1, 0.15) is 32.4 Å². The van der Waals surface area contributed by atoms with Crippen molar-refractivity contribution in [2.45, 2.75) is 33.1 Å². The summed E-state index contributed by atoms with van der Waals surface area (Å²) in [4.78, 5) is 12.1. The van der Waals surface area contributed by atoms with E-state index in [1.807, 2.05) is 31.2 Å². The van der Waals surface area contributed by atoms with Crippen molar-refractivity contribution in [3.05, 3.63) is 36.0 Å². The van der Waals surface area contributed by atoms with Crippen molar-refractivity contribution in [2.75, 3.05) is 6.61 Å². The van der Waals surface area contributed by atoms with Crippen LogP contribution in [0.4, 0.5) is 4.79 Å². The summed E-state index contributed by atoms with van der Waals surface area (Å²) < 4.78 is 6.96. The first-order chi connectivity index (χ1) is 8.77. The Morgan fingerprint density at radius 1 is 1.22 bits per heavy atom. The maximum absolute atomic E-state index is 12.1. The zero-order chi connectivity index (χ0) is 13.0. The molecule has 0 spiro atoms. The van der Waals surface area contributed by atoms with Gasteiger partial charge in [0.05, 0.1) is 12.1 Å². The predicted octanol–water partition coefficient (Wildman–Crippen LogP) is 3.99. The average molecular weight is 245 g/mol. The van der Waals surface area contributed by atoms with Crippen LogP contribution >= 0.6 is 0 Å². The van der Waals surface area contributed by atoms with E-state index in [1.165, 1.54) is 0 Å². The highest BCUT2D eigenvalue weighted by Crippen LogP contribution is 2.21. The second-order valence-electron chi connectivity index (χ2n) is 4.39. The van der Waals surface area contributed by atoms with E-state index in [1.54, 1.807) is 4.57 Å². The fourth-order valence-electron chi connectivity index (χ4n) is 2.12. The molecule has 0 bridgehead atoms. The third-order valence-corrected chi connectivity index (χ3v) is 2.91. The number of carbonyl (C=O) groups is 1. The van der Waals surface area contributed by atoms with Gasteiger partial charge in [0.1, 0.15) is 0 Å². The lowest BCUT2D eigenvalue weighted by molar-refractivity contribution is 0.148. The maximum atomic E-state index is 12.1. The Bertz CT molecular complexity index is 542. The number of ether oxygens (including phenoxy) is 1. The van der Waals surface area contributed by atoms with Crippen LogP contribution in [0.3, 0.4) is 0 Å². The number of benzene rings is 1. The molecule has 1 aromatic heterocycles. The molecule has 0 aliphatic rings. The second kappa shape index (κ2) is 5.71. The third kappa shape index (κ3) is 2.40.